The first-order chi connectivity index (χ1) is 11.0. The second kappa shape index (κ2) is 15.4. The lowest BCUT2D eigenvalue weighted by molar-refractivity contribution is -0.150. The first-order valence-electron chi connectivity index (χ1n) is 9.00. The van der Waals surface area contributed by atoms with Crippen molar-refractivity contribution in [2.75, 3.05) is 46.6 Å². The topological polar surface area (TPSA) is 32.8 Å². The third kappa shape index (κ3) is 16.5. The van der Waals surface area contributed by atoms with Crippen LogP contribution in [0.1, 0.15) is 57.8 Å². The summed E-state index contributed by atoms with van der Waals surface area (Å²) in [4.78, 5) is 16.1. The second-order valence-corrected chi connectivity index (χ2v) is 7.70. The molecule has 23 heavy (non-hydrogen) atoms. The van der Waals surface area contributed by atoms with Crippen LogP contribution in [0.25, 0.3) is 0 Å². The summed E-state index contributed by atoms with van der Waals surface area (Å²) in [5, 5.41) is 1.12. The highest BCUT2D eigenvalue weighted by Gasteiger charge is 2.16. The van der Waals surface area contributed by atoms with Crippen molar-refractivity contribution in [1.29, 1.82) is 0 Å². The molecule has 4 nitrogen and oxygen atoms in total. The van der Waals surface area contributed by atoms with Crippen LogP contribution in [0.5, 0.6) is 0 Å². The third-order valence-corrected chi connectivity index (χ3v) is 4.26. The molecule has 0 bridgehead atoms. The van der Waals surface area contributed by atoms with Gasteiger partial charge in [0.25, 0.3) is 0 Å². The lowest BCUT2D eigenvalue weighted by atomic mass is 10.1. The number of rotatable bonds is 15. The Kier molecular flexibility index (Phi) is 15.3. The van der Waals surface area contributed by atoms with E-state index in [1.54, 1.807) is 0 Å². The molecule has 0 aliphatic carbocycles. The van der Waals surface area contributed by atoms with Gasteiger partial charge in [-0.2, -0.15) is 0 Å². The van der Waals surface area contributed by atoms with Crippen molar-refractivity contribution in [3.05, 3.63) is 0 Å². The summed E-state index contributed by atoms with van der Waals surface area (Å²) in [7, 11) is 8.03. The average Bonchev–Trinajstić information content (AvgIpc) is 2.44. The number of unbranched alkanes of at least 4 members (excludes halogenated alkanes) is 7. The van der Waals surface area contributed by atoms with E-state index in [4.69, 9.17) is 4.74 Å². The van der Waals surface area contributed by atoms with Gasteiger partial charge in [0.1, 0.15) is 6.10 Å². The molecule has 0 aliphatic heterocycles. The van der Waals surface area contributed by atoms with E-state index in [2.05, 4.69) is 25.7 Å². The molecule has 0 saturated heterocycles. The molecule has 0 heterocycles. The van der Waals surface area contributed by atoms with Gasteiger partial charge in [-0.1, -0.05) is 54.5 Å². The van der Waals surface area contributed by atoms with Crippen molar-refractivity contribution < 1.29 is 9.53 Å². The maximum absolute atomic E-state index is 12.0. The molecule has 0 aliphatic rings. The Hall–Kier alpha value is -0.130. The standard InChI is InChI=1S/C18H37BrN2O2/c1-20(2)15-17(16-21(3)4)23-18(22)13-11-9-7-5-6-8-10-12-14-19/h17H,5-16H2,1-4H3. The van der Waals surface area contributed by atoms with E-state index in [1.807, 2.05) is 28.2 Å². The van der Waals surface area contributed by atoms with Crippen LogP contribution in [-0.2, 0) is 9.53 Å². The molecule has 0 fully saturated rings. The van der Waals surface area contributed by atoms with Gasteiger partial charge in [-0.3, -0.25) is 4.79 Å². The minimum atomic E-state index is -0.0454. The van der Waals surface area contributed by atoms with Gasteiger partial charge in [0.15, 0.2) is 0 Å². The number of hydrogen-bond acceptors (Lipinski definition) is 4. The summed E-state index contributed by atoms with van der Waals surface area (Å²) in [6.45, 7) is 1.55. The average molecular weight is 393 g/mol. The zero-order valence-electron chi connectivity index (χ0n) is 15.7. The summed E-state index contributed by atoms with van der Waals surface area (Å²) in [5.74, 6) is -0.0454. The molecule has 0 saturated carbocycles. The van der Waals surface area contributed by atoms with Gasteiger partial charge in [0.2, 0.25) is 0 Å². The first kappa shape index (κ1) is 22.9. The maximum atomic E-state index is 12.0. The highest BCUT2D eigenvalue weighted by molar-refractivity contribution is 9.09. The van der Waals surface area contributed by atoms with Crippen molar-refractivity contribution in [2.45, 2.75) is 63.9 Å². The van der Waals surface area contributed by atoms with Gasteiger partial charge >= 0.3 is 5.97 Å². The normalized spacial score (nSPS) is 11.7. The number of carbonyl (C=O) groups excluding carboxylic acids is 1. The predicted octanol–water partition coefficient (Wildman–Crippen LogP) is 3.93. The minimum Gasteiger partial charge on any atom is -0.460 e. The van der Waals surface area contributed by atoms with E-state index < -0.39 is 0 Å². The van der Waals surface area contributed by atoms with Crippen molar-refractivity contribution >= 4 is 21.9 Å². The molecule has 0 rings (SSSR count). The van der Waals surface area contributed by atoms with Crippen LogP contribution < -0.4 is 0 Å². The Labute approximate surface area is 152 Å². The Bertz CT molecular complexity index is 276. The van der Waals surface area contributed by atoms with Crippen LogP contribution >= 0.6 is 15.9 Å². The van der Waals surface area contributed by atoms with Gasteiger partial charge in [-0.05, 0) is 41.0 Å². The monoisotopic (exact) mass is 392 g/mol. The summed E-state index contributed by atoms with van der Waals surface area (Å²) < 4.78 is 5.62. The van der Waals surface area contributed by atoms with Crippen molar-refractivity contribution in [3.63, 3.8) is 0 Å². The SMILES string of the molecule is CN(C)CC(CN(C)C)OC(=O)CCCCCCCCCCBr. The number of ether oxygens (including phenoxy) is 1. The van der Waals surface area contributed by atoms with E-state index in [0.29, 0.717) is 6.42 Å². The lowest BCUT2D eigenvalue weighted by Gasteiger charge is -2.24. The van der Waals surface area contributed by atoms with Crippen LogP contribution in [0.2, 0.25) is 0 Å². The minimum absolute atomic E-state index is 0.0399. The maximum Gasteiger partial charge on any atom is 0.306 e. The molecular formula is C18H37BrN2O2. The Balaban J connectivity index is 3.66. The van der Waals surface area contributed by atoms with E-state index in [1.165, 1.54) is 38.5 Å². The molecule has 5 heteroatoms. The van der Waals surface area contributed by atoms with Gasteiger partial charge < -0.3 is 14.5 Å². The first-order valence-corrected chi connectivity index (χ1v) is 10.1. The van der Waals surface area contributed by atoms with Crippen molar-refractivity contribution in [1.82, 2.24) is 9.80 Å². The lowest BCUT2D eigenvalue weighted by Crippen LogP contribution is -2.38. The fourth-order valence-corrected chi connectivity index (χ4v) is 3.01. The molecule has 0 radical (unpaired) electrons. The van der Waals surface area contributed by atoms with Crippen LogP contribution in [0, 0.1) is 0 Å². The molecule has 0 unspecified atom stereocenters. The van der Waals surface area contributed by atoms with Crippen LogP contribution in [-0.4, -0.2) is 68.5 Å². The van der Waals surface area contributed by atoms with Crippen LogP contribution in [0.15, 0.2) is 0 Å². The highest BCUT2D eigenvalue weighted by atomic mass is 79.9. The number of likely N-dealkylation sites (N-methyl/N-ethyl adjacent to an activating group) is 2. The molecule has 0 N–H and O–H groups in total. The van der Waals surface area contributed by atoms with Gasteiger partial charge in [-0.15, -0.1) is 0 Å². The smallest absolute Gasteiger partial charge is 0.306 e. The summed E-state index contributed by atoms with van der Waals surface area (Å²) >= 11 is 3.46. The molecule has 0 spiro atoms. The number of carbonyl (C=O) groups is 1. The van der Waals surface area contributed by atoms with E-state index >= 15 is 0 Å². The highest BCUT2D eigenvalue weighted by Crippen LogP contribution is 2.11. The number of alkyl halides is 1. The molecule has 0 amide bonds. The van der Waals surface area contributed by atoms with Gasteiger partial charge in [-0.25, -0.2) is 0 Å². The number of esters is 1. The fourth-order valence-electron chi connectivity index (χ4n) is 2.62. The number of hydrogen-bond donors (Lipinski definition) is 0. The molecule has 0 aromatic heterocycles. The van der Waals surface area contributed by atoms with Crippen LogP contribution in [0.4, 0.5) is 0 Å². The van der Waals surface area contributed by atoms with E-state index in [-0.39, 0.29) is 12.1 Å². The zero-order valence-corrected chi connectivity index (χ0v) is 17.2. The predicted molar refractivity (Wildman–Crippen MR) is 102 cm³/mol. The van der Waals surface area contributed by atoms with Crippen LogP contribution in [0.3, 0.4) is 0 Å². The molecule has 0 aromatic rings. The molecule has 0 aromatic carbocycles. The number of halogens is 1. The van der Waals surface area contributed by atoms with Crippen molar-refractivity contribution in [2.24, 2.45) is 0 Å². The second-order valence-electron chi connectivity index (χ2n) is 6.90. The Morgan fingerprint density at radius 3 is 1.70 bits per heavy atom. The van der Waals surface area contributed by atoms with E-state index in [9.17, 15) is 4.79 Å². The number of nitrogens with zero attached hydrogens (tertiary/aromatic N) is 2. The third-order valence-electron chi connectivity index (χ3n) is 3.70. The molecule has 138 valence electrons. The van der Waals surface area contributed by atoms with Crippen molar-refractivity contribution in [3.8, 4) is 0 Å². The van der Waals surface area contributed by atoms with Gasteiger partial charge in [0.05, 0.1) is 0 Å². The van der Waals surface area contributed by atoms with E-state index in [0.717, 1.165) is 31.3 Å². The zero-order chi connectivity index (χ0) is 17.5. The fraction of sp³-hybridized carbons (Fsp3) is 0.944. The Morgan fingerprint density at radius 1 is 0.826 bits per heavy atom. The molecule has 0 atom stereocenters. The largest absolute Gasteiger partial charge is 0.460 e. The van der Waals surface area contributed by atoms with Gasteiger partial charge in [0, 0.05) is 24.8 Å². The summed E-state index contributed by atoms with van der Waals surface area (Å²) in [6, 6.07) is 0. The Morgan fingerprint density at radius 2 is 1.26 bits per heavy atom. The summed E-state index contributed by atoms with van der Waals surface area (Å²) in [5.41, 5.74) is 0. The quantitative estimate of drug-likeness (QED) is 0.240. The summed E-state index contributed by atoms with van der Waals surface area (Å²) in [6.07, 6.45) is 10.4. The molecular weight excluding hydrogens is 356 g/mol.